The highest BCUT2D eigenvalue weighted by Crippen LogP contribution is 2.35. The highest BCUT2D eigenvalue weighted by Gasteiger charge is 2.24. The number of piperidine rings is 1. The molecule has 0 unspecified atom stereocenters. The van der Waals surface area contributed by atoms with Crippen molar-refractivity contribution in [3.05, 3.63) is 47.7 Å². The van der Waals surface area contributed by atoms with Crippen molar-refractivity contribution in [1.82, 2.24) is 24.9 Å². The topological polar surface area (TPSA) is 123 Å². The van der Waals surface area contributed by atoms with E-state index in [0.717, 1.165) is 24.2 Å². The van der Waals surface area contributed by atoms with Gasteiger partial charge in [0.05, 0.1) is 25.1 Å². The van der Waals surface area contributed by atoms with Crippen molar-refractivity contribution >= 4 is 44.6 Å². The third-order valence-electron chi connectivity index (χ3n) is 5.83. The van der Waals surface area contributed by atoms with Gasteiger partial charge >= 0.3 is 0 Å². The number of thiazole rings is 1. The summed E-state index contributed by atoms with van der Waals surface area (Å²) >= 11 is 1.13. The van der Waals surface area contributed by atoms with Crippen LogP contribution < -0.4 is 15.0 Å². The zero-order chi connectivity index (χ0) is 26.1. The van der Waals surface area contributed by atoms with E-state index in [2.05, 4.69) is 30.2 Å². The second-order valence-corrected chi connectivity index (χ2v) is 9.29. The molecule has 0 radical (unpaired) electrons. The summed E-state index contributed by atoms with van der Waals surface area (Å²) in [5.41, 5.74) is 1.39. The van der Waals surface area contributed by atoms with Crippen molar-refractivity contribution in [2.45, 2.75) is 32.6 Å². The van der Waals surface area contributed by atoms with E-state index in [1.807, 2.05) is 0 Å². The van der Waals surface area contributed by atoms with Crippen molar-refractivity contribution in [2.75, 3.05) is 23.9 Å². The highest BCUT2D eigenvalue weighted by molar-refractivity contribution is 7.22. The molecule has 4 aromatic heterocycles. The molecule has 37 heavy (non-hydrogen) atoms. The Kier molecular flexibility index (Phi) is 6.70. The number of fused-ring (bicyclic) bond motifs is 1. The number of pyridine rings is 2. The van der Waals surface area contributed by atoms with Gasteiger partial charge in [-0.25, -0.2) is 18.7 Å². The number of aryl methyl sites for hydroxylation is 1. The number of methoxy groups -OCH3 is 1. The molecular formula is C24H21F2N7O3S. The Balaban J connectivity index is 1.47. The summed E-state index contributed by atoms with van der Waals surface area (Å²) in [6, 6.07) is 2.82. The number of halogens is 2. The molecule has 4 aromatic rings. The molecule has 5 rings (SSSR count). The lowest BCUT2D eigenvalue weighted by Gasteiger charge is -2.24. The van der Waals surface area contributed by atoms with Crippen molar-refractivity contribution < 1.29 is 23.1 Å². The minimum absolute atomic E-state index is 0.0235. The first-order valence-corrected chi connectivity index (χ1v) is 12.2. The number of alkyl halides is 2. The first kappa shape index (κ1) is 24.6. The molecule has 1 saturated heterocycles. The predicted octanol–water partition coefficient (Wildman–Crippen LogP) is 4.57. The standard InChI is InChI=1S/C24H21F2N7O3S/c1-12-7-13(14-8-16(20(25)26)28-11-18(14)36-2)15(9-27-12)21(35)31-24-30-17-10-29-23(32-22(17)37-24)33-6-4-3-5-19(33)34/h7-11,20H,3-6H2,1-2H3,(H,30,31,35). The van der Waals surface area contributed by atoms with Gasteiger partial charge in [0.15, 0.2) is 9.96 Å². The molecule has 1 aliphatic rings. The second-order valence-electron chi connectivity index (χ2n) is 8.32. The molecule has 0 saturated carbocycles. The van der Waals surface area contributed by atoms with E-state index in [1.54, 1.807) is 17.9 Å². The summed E-state index contributed by atoms with van der Waals surface area (Å²) in [6.07, 6.45) is 3.47. The maximum absolute atomic E-state index is 13.4. The number of hydrogen-bond acceptors (Lipinski definition) is 9. The Morgan fingerprint density at radius 1 is 1.11 bits per heavy atom. The molecule has 2 amide bonds. The number of ether oxygens (including phenoxy) is 1. The minimum atomic E-state index is -2.79. The lowest BCUT2D eigenvalue weighted by molar-refractivity contribution is -0.119. The van der Waals surface area contributed by atoms with Crippen LogP contribution >= 0.6 is 11.3 Å². The number of amides is 2. The lowest BCUT2D eigenvalue weighted by atomic mass is 9.99. The third kappa shape index (κ3) is 4.94. The summed E-state index contributed by atoms with van der Waals surface area (Å²) in [5, 5.41) is 3.00. The van der Waals surface area contributed by atoms with Crippen LogP contribution in [0.4, 0.5) is 19.9 Å². The number of anilines is 2. The van der Waals surface area contributed by atoms with Gasteiger partial charge in [-0.3, -0.25) is 29.8 Å². The number of hydrogen-bond donors (Lipinski definition) is 1. The van der Waals surface area contributed by atoms with Crippen molar-refractivity contribution in [3.8, 4) is 16.9 Å². The van der Waals surface area contributed by atoms with Crippen LogP contribution in [0.3, 0.4) is 0 Å². The predicted molar refractivity (Wildman–Crippen MR) is 133 cm³/mol. The number of nitrogens with one attached hydrogen (secondary N) is 1. The fourth-order valence-electron chi connectivity index (χ4n) is 4.01. The SMILES string of the molecule is COc1cnc(C(F)F)cc1-c1cc(C)ncc1C(=O)Nc1nc2cnc(N3CCCCC3=O)nc2s1. The van der Waals surface area contributed by atoms with E-state index in [1.165, 1.54) is 31.8 Å². The number of carbonyl (C=O) groups excluding carboxylic acids is 2. The van der Waals surface area contributed by atoms with Crippen LogP contribution in [0.15, 0.2) is 30.7 Å². The Morgan fingerprint density at radius 2 is 1.95 bits per heavy atom. The van der Waals surface area contributed by atoms with E-state index in [-0.39, 0.29) is 27.9 Å². The summed E-state index contributed by atoms with van der Waals surface area (Å²) in [7, 11) is 1.39. The van der Waals surface area contributed by atoms with Gasteiger partial charge in [-0.15, -0.1) is 0 Å². The molecule has 13 heteroatoms. The van der Waals surface area contributed by atoms with Crippen LogP contribution in [0.2, 0.25) is 0 Å². The largest absolute Gasteiger partial charge is 0.494 e. The van der Waals surface area contributed by atoms with Crippen LogP contribution in [-0.4, -0.2) is 50.4 Å². The van der Waals surface area contributed by atoms with Crippen LogP contribution in [0.1, 0.15) is 47.4 Å². The van der Waals surface area contributed by atoms with Gasteiger partial charge in [-0.2, -0.15) is 4.98 Å². The molecule has 5 heterocycles. The zero-order valence-electron chi connectivity index (χ0n) is 19.9. The van der Waals surface area contributed by atoms with Gasteiger partial charge in [0, 0.05) is 36.0 Å². The van der Waals surface area contributed by atoms with Gasteiger partial charge in [-0.05, 0) is 31.9 Å². The minimum Gasteiger partial charge on any atom is -0.494 e. The molecule has 1 aliphatic heterocycles. The monoisotopic (exact) mass is 525 g/mol. The van der Waals surface area contributed by atoms with E-state index < -0.39 is 18.0 Å². The highest BCUT2D eigenvalue weighted by atomic mass is 32.1. The van der Waals surface area contributed by atoms with Crippen molar-refractivity contribution in [2.24, 2.45) is 0 Å². The Bertz CT molecular complexity index is 1510. The molecule has 1 fully saturated rings. The van der Waals surface area contributed by atoms with E-state index in [9.17, 15) is 18.4 Å². The molecular weight excluding hydrogens is 504 g/mol. The number of rotatable bonds is 6. The van der Waals surface area contributed by atoms with Gasteiger partial charge < -0.3 is 4.74 Å². The molecule has 0 spiro atoms. The van der Waals surface area contributed by atoms with Gasteiger partial charge in [0.25, 0.3) is 12.3 Å². The van der Waals surface area contributed by atoms with E-state index in [0.29, 0.717) is 40.5 Å². The molecule has 10 nitrogen and oxygen atoms in total. The van der Waals surface area contributed by atoms with Gasteiger partial charge in [-0.1, -0.05) is 11.3 Å². The molecule has 0 aromatic carbocycles. The molecule has 0 atom stereocenters. The Morgan fingerprint density at radius 3 is 2.70 bits per heavy atom. The molecule has 0 bridgehead atoms. The second kappa shape index (κ2) is 10.1. The first-order chi connectivity index (χ1) is 17.8. The van der Waals surface area contributed by atoms with Gasteiger partial charge in [0.2, 0.25) is 11.9 Å². The Labute approximate surface area is 213 Å². The smallest absolute Gasteiger partial charge is 0.280 e. The molecule has 190 valence electrons. The summed E-state index contributed by atoms with van der Waals surface area (Å²) in [6.45, 7) is 2.28. The fraction of sp³-hybridized carbons (Fsp3) is 0.292. The first-order valence-electron chi connectivity index (χ1n) is 11.4. The average molecular weight is 526 g/mol. The number of nitrogens with zero attached hydrogens (tertiary/aromatic N) is 6. The fourth-order valence-corrected chi connectivity index (χ4v) is 4.81. The third-order valence-corrected chi connectivity index (χ3v) is 6.71. The van der Waals surface area contributed by atoms with E-state index in [4.69, 9.17) is 4.74 Å². The van der Waals surface area contributed by atoms with Crippen LogP contribution in [-0.2, 0) is 4.79 Å². The number of aromatic nitrogens is 5. The van der Waals surface area contributed by atoms with E-state index >= 15 is 0 Å². The van der Waals surface area contributed by atoms with Gasteiger partial charge in [0.1, 0.15) is 17.0 Å². The lowest BCUT2D eigenvalue weighted by Crippen LogP contribution is -2.36. The molecule has 1 N–H and O–H groups in total. The number of carbonyl (C=O) groups is 2. The normalized spacial score (nSPS) is 13.9. The van der Waals surface area contributed by atoms with Crippen molar-refractivity contribution in [1.29, 1.82) is 0 Å². The summed E-state index contributed by atoms with van der Waals surface area (Å²) in [4.78, 5) is 48.7. The van der Waals surface area contributed by atoms with Crippen LogP contribution in [0, 0.1) is 6.92 Å². The maximum atomic E-state index is 13.4. The quantitative estimate of drug-likeness (QED) is 0.388. The summed E-state index contributed by atoms with van der Waals surface area (Å²) in [5.74, 6) is -0.0227. The van der Waals surface area contributed by atoms with Crippen molar-refractivity contribution in [3.63, 3.8) is 0 Å². The molecule has 0 aliphatic carbocycles. The maximum Gasteiger partial charge on any atom is 0.280 e. The Hall–Kier alpha value is -4.13. The summed E-state index contributed by atoms with van der Waals surface area (Å²) < 4.78 is 32.0. The van der Waals surface area contributed by atoms with Crippen LogP contribution in [0.25, 0.3) is 21.5 Å². The average Bonchev–Trinajstić information content (AvgIpc) is 3.29. The zero-order valence-corrected chi connectivity index (χ0v) is 20.7. The van der Waals surface area contributed by atoms with Crippen LogP contribution in [0.5, 0.6) is 5.75 Å².